The van der Waals surface area contributed by atoms with Crippen molar-refractivity contribution >= 4 is 97.6 Å². The SMILES string of the molecule is CN(Cc1cnc2nc(N)nc(N)c2n1)c1ccc(C(=O)N[C@@H](CCC(=O)NCCCCCNC(=O)CCSSCCNC(=O)CCCC[C@@H]2SC[C@@H]3NC(=O)N[C@@H]32)C(=O)O)cc1. The molecule has 0 aliphatic carbocycles. The summed E-state index contributed by atoms with van der Waals surface area (Å²) in [4.78, 5) is 91.7. The van der Waals surface area contributed by atoms with Crippen molar-refractivity contribution in [2.45, 2.75) is 94.1 Å². The van der Waals surface area contributed by atoms with Gasteiger partial charge in [-0.15, -0.1) is 0 Å². The van der Waals surface area contributed by atoms with Gasteiger partial charge in [-0.3, -0.25) is 19.2 Å². The number of urea groups is 1. The molecule has 2 aliphatic rings. The minimum absolute atomic E-state index is 0.00909. The lowest BCUT2D eigenvalue weighted by atomic mass is 10.0. The van der Waals surface area contributed by atoms with Crippen molar-refractivity contribution < 1.29 is 33.9 Å². The molecule has 0 bridgehead atoms. The molecule has 6 amide bonds. The first-order chi connectivity index (χ1) is 30.4. The van der Waals surface area contributed by atoms with E-state index in [9.17, 15) is 33.9 Å². The summed E-state index contributed by atoms with van der Waals surface area (Å²) in [6.07, 6.45) is 7.32. The number of fused-ring (bicyclic) bond motifs is 2. The van der Waals surface area contributed by atoms with Crippen molar-refractivity contribution in [2.24, 2.45) is 0 Å². The minimum atomic E-state index is -1.25. The van der Waals surface area contributed by atoms with Crippen LogP contribution in [0.4, 0.5) is 22.2 Å². The van der Waals surface area contributed by atoms with Crippen LogP contribution < -0.4 is 48.3 Å². The Bertz CT molecular complexity index is 2050. The molecule has 4 heterocycles. The third-order valence-electron chi connectivity index (χ3n) is 10.3. The number of nitrogen functional groups attached to an aromatic ring is 2. The van der Waals surface area contributed by atoms with Crippen molar-refractivity contribution in [1.29, 1.82) is 0 Å². The summed E-state index contributed by atoms with van der Waals surface area (Å²) in [5.41, 5.74) is 13.8. The van der Waals surface area contributed by atoms with Crippen LogP contribution in [0.1, 0.15) is 80.3 Å². The van der Waals surface area contributed by atoms with Gasteiger partial charge in [0.2, 0.25) is 23.7 Å². The van der Waals surface area contributed by atoms with Crippen LogP contribution in [-0.2, 0) is 25.7 Å². The first kappa shape index (κ1) is 48.7. The maximum atomic E-state index is 12.9. The Morgan fingerprint density at radius 2 is 1.57 bits per heavy atom. The monoisotopic (exact) mass is 927 g/mol. The van der Waals surface area contributed by atoms with E-state index in [1.165, 1.54) is 0 Å². The number of carboxylic acid groups (broad SMARTS) is 1. The second kappa shape index (κ2) is 25.1. The lowest BCUT2D eigenvalue weighted by Gasteiger charge is -2.19. The maximum absolute atomic E-state index is 12.9. The van der Waals surface area contributed by atoms with Crippen molar-refractivity contribution in [3.8, 4) is 0 Å². The first-order valence-corrected chi connectivity index (χ1v) is 24.5. The number of nitrogens with zero attached hydrogens (tertiary/aromatic N) is 5. The highest BCUT2D eigenvalue weighted by atomic mass is 33.1. The highest BCUT2D eigenvalue weighted by Crippen LogP contribution is 2.33. The summed E-state index contributed by atoms with van der Waals surface area (Å²) >= 11 is 1.89. The molecule has 5 rings (SSSR count). The predicted molar refractivity (Wildman–Crippen MR) is 247 cm³/mol. The van der Waals surface area contributed by atoms with Gasteiger partial charge in [-0.2, -0.15) is 21.7 Å². The number of rotatable bonds is 27. The van der Waals surface area contributed by atoms with Gasteiger partial charge in [0.1, 0.15) is 6.04 Å². The average Bonchev–Trinajstić information content (AvgIpc) is 3.81. The second-order valence-corrected chi connectivity index (χ2v) is 19.2. The molecule has 1 aromatic carbocycles. The molecule has 2 aromatic heterocycles. The highest BCUT2D eigenvalue weighted by molar-refractivity contribution is 8.76. The number of hydrogen-bond acceptors (Lipinski definition) is 16. The van der Waals surface area contributed by atoms with Crippen molar-refractivity contribution in [2.75, 3.05) is 60.3 Å². The van der Waals surface area contributed by atoms with E-state index < -0.39 is 17.9 Å². The van der Waals surface area contributed by atoms with Crippen LogP contribution in [0.15, 0.2) is 30.5 Å². The van der Waals surface area contributed by atoms with Crippen LogP contribution in [-0.4, -0.2) is 128 Å². The van der Waals surface area contributed by atoms with Gasteiger partial charge >= 0.3 is 12.0 Å². The van der Waals surface area contributed by atoms with E-state index in [0.717, 1.165) is 49.3 Å². The quantitative estimate of drug-likeness (QED) is 0.0301. The molecule has 2 saturated heterocycles. The average molecular weight is 928 g/mol. The summed E-state index contributed by atoms with van der Waals surface area (Å²) in [7, 11) is 5.06. The summed E-state index contributed by atoms with van der Waals surface area (Å²) < 4.78 is 0. The Morgan fingerprint density at radius 3 is 2.32 bits per heavy atom. The Kier molecular flexibility index (Phi) is 19.4. The van der Waals surface area contributed by atoms with Gasteiger partial charge < -0.3 is 53.4 Å². The maximum Gasteiger partial charge on any atom is 0.326 e. The van der Waals surface area contributed by atoms with E-state index in [1.54, 1.807) is 52.1 Å². The Labute approximate surface area is 378 Å². The largest absolute Gasteiger partial charge is 0.480 e. The molecule has 4 atom stereocenters. The molecular formula is C40H57N13O7S3. The number of anilines is 3. The van der Waals surface area contributed by atoms with Gasteiger partial charge in [0.25, 0.3) is 5.91 Å². The van der Waals surface area contributed by atoms with Gasteiger partial charge in [0, 0.05) is 79.7 Å². The number of aromatic nitrogens is 4. The molecule has 2 fully saturated rings. The number of aliphatic carboxylic acids is 1. The molecule has 11 N–H and O–H groups in total. The Balaban J connectivity index is 0.835. The van der Waals surface area contributed by atoms with Gasteiger partial charge in [0.15, 0.2) is 17.0 Å². The van der Waals surface area contributed by atoms with Crippen molar-refractivity contribution in [3.63, 3.8) is 0 Å². The molecule has 20 nitrogen and oxygen atoms in total. The number of carbonyl (C=O) groups excluding carboxylic acids is 5. The number of carbonyl (C=O) groups is 6. The molecule has 0 saturated carbocycles. The number of thioether (sulfide) groups is 1. The first-order valence-electron chi connectivity index (χ1n) is 21.0. The van der Waals surface area contributed by atoms with E-state index in [1.807, 2.05) is 23.7 Å². The van der Waals surface area contributed by atoms with Crippen molar-refractivity contribution in [1.82, 2.24) is 51.8 Å². The lowest BCUT2D eigenvalue weighted by molar-refractivity contribution is -0.139. The molecule has 63 heavy (non-hydrogen) atoms. The van der Waals surface area contributed by atoms with E-state index >= 15 is 0 Å². The van der Waals surface area contributed by atoms with Gasteiger partial charge in [0.05, 0.1) is 30.5 Å². The van der Waals surface area contributed by atoms with E-state index in [4.69, 9.17) is 11.5 Å². The predicted octanol–water partition coefficient (Wildman–Crippen LogP) is 2.20. The van der Waals surface area contributed by atoms with Crippen LogP contribution in [0, 0.1) is 0 Å². The normalized spacial score (nSPS) is 17.0. The topological polar surface area (TPSA) is 302 Å². The number of nitrogens with one attached hydrogen (secondary N) is 6. The summed E-state index contributed by atoms with van der Waals surface area (Å²) in [6.45, 7) is 1.89. The smallest absolute Gasteiger partial charge is 0.326 e. The van der Waals surface area contributed by atoms with Crippen LogP contribution in [0.2, 0.25) is 0 Å². The summed E-state index contributed by atoms with van der Waals surface area (Å²) in [5.74, 6) is 0.398. The van der Waals surface area contributed by atoms with Gasteiger partial charge in [-0.1, -0.05) is 28.0 Å². The number of unbranched alkanes of at least 4 members (excludes halogenated alkanes) is 3. The van der Waals surface area contributed by atoms with Crippen LogP contribution in [0.25, 0.3) is 11.2 Å². The molecular weight excluding hydrogens is 871 g/mol. The molecule has 23 heteroatoms. The second-order valence-electron chi connectivity index (χ2n) is 15.2. The number of hydrogen-bond donors (Lipinski definition) is 9. The fourth-order valence-corrected chi connectivity index (χ4v) is 10.4. The van der Waals surface area contributed by atoms with E-state index in [2.05, 4.69) is 51.8 Å². The third-order valence-corrected chi connectivity index (χ3v) is 14.2. The molecule has 0 unspecified atom stereocenters. The minimum Gasteiger partial charge on any atom is -0.480 e. The van der Waals surface area contributed by atoms with Crippen molar-refractivity contribution in [3.05, 3.63) is 41.7 Å². The van der Waals surface area contributed by atoms with E-state index in [-0.39, 0.29) is 66.0 Å². The van der Waals surface area contributed by atoms with Gasteiger partial charge in [-0.05, 0) is 62.8 Å². The lowest BCUT2D eigenvalue weighted by Crippen LogP contribution is -2.41. The van der Waals surface area contributed by atoms with Crippen LogP contribution in [0.5, 0.6) is 0 Å². The number of nitrogens with two attached hydrogens (primary N) is 2. The van der Waals surface area contributed by atoms with Crippen LogP contribution >= 0.6 is 33.3 Å². The zero-order chi connectivity index (χ0) is 45.1. The fourth-order valence-electron chi connectivity index (χ4n) is 6.94. The number of carboxylic acids is 1. The molecule has 0 radical (unpaired) electrons. The summed E-state index contributed by atoms with van der Waals surface area (Å²) in [5, 5.41) is 27.2. The Hall–Kier alpha value is -5.29. The zero-order valence-corrected chi connectivity index (χ0v) is 37.7. The summed E-state index contributed by atoms with van der Waals surface area (Å²) in [6, 6.07) is 5.70. The third kappa shape index (κ3) is 16.1. The van der Waals surface area contributed by atoms with Crippen LogP contribution in [0.3, 0.4) is 0 Å². The fraction of sp³-hybridized carbons (Fsp3) is 0.550. The molecule has 3 aromatic rings. The number of benzene rings is 1. The number of amides is 6. The molecule has 342 valence electrons. The molecule has 2 aliphatic heterocycles. The van der Waals surface area contributed by atoms with E-state index in [0.29, 0.717) is 73.3 Å². The standard InChI is InChI=1S/C40H57N13O7S3/c1-53(22-25-21-46-36-34(47-25)35(41)51-39(42)52-36)26-11-9-24(10-12-26)37(57)48-27(38(58)59)13-14-31(55)43-16-5-2-6-17-44-32(56)15-19-62-63-20-18-45-30(54)8-4-3-7-29-33-28(23-61-29)49-40(60)50-33/h9-12,21,27-29,33H,2-8,13-20,22-23H2,1H3,(H,43,55)(H,44,56)(H,45,54)(H,48,57)(H,58,59)(H2,49,50,60)(H4,41,42,46,51,52)/t27-,28-,29-,33-/m0/s1. The zero-order valence-electron chi connectivity index (χ0n) is 35.2. The molecule has 0 spiro atoms. The highest BCUT2D eigenvalue weighted by Gasteiger charge is 2.42. The Morgan fingerprint density at radius 1 is 0.873 bits per heavy atom. The van der Waals surface area contributed by atoms with Gasteiger partial charge in [-0.25, -0.2) is 19.6 Å².